The molecule has 102 valence electrons. The number of ether oxygens (including phenoxy) is 1. The number of likely N-dealkylation sites (tertiary alicyclic amines) is 1. The molecule has 0 radical (unpaired) electrons. The molecule has 0 saturated carbocycles. The van der Waals surface area contributed by atoms with Gasteiger partial charge in [-0.2, -0.15) is 0 Å². The minimum Gasteiger partial charge on any atom is -0.469 e. The molecule has 0 spiro atoms. The van der Waals surface area contributed by atoms with Crippen LogP contribution in [0, 0.1) is 5.92 Å². The average Bonchev–Trinajstić information content (AvgIpc) is 2.45. The highest BCUT2D eigenvalue weighted by atomic mass is 16.5. The number of hydrogen-bond acceptors (Lipinski definition) is 4. The van der Waals surface area contributed by atoms with Crippen LogP contribution < -0.4 is 5.56 Å². The lowest BCUT2D eigenvalue weighted by Crippen LogP contribution is -2.42. The molecule has 1 aromatic heterocycles. The van der Waals surface area contributed by atoms with E-state index in [9.17, 15) is 14.4 Å². The number of nitrogens with zero attached hydrogens (tertiary/aromatic N) is 1. The molecule has 6 heteroatoms. The topological polar surface area (TPSA) is 79.5 Å². The lowest BCUT2D eigenvalue weighted by atomic mass is 9.97. The van der Waals surface area contributed by atoms with Crippen LogP contribution in [-0.2, 0) is 9.53 Å². The molecule has 19 heavy (non-hydrogen) atoms. The second-order valence-electron chi connectivity index (χ2n) is 4.56. The summed E-state index contributed by atoms with van der Waals surface area (Å²) in [5.74, 6) is -0.784. The van der Waals surface area contributed by atoms with E-state index in [1.165, 1.54) is 19.4 Å². The molecule has 1 N–H and O–H groups in total. The van der Waals surface area contributed by atoms with Gasteiger partial charge in [0.1, 0.15) is 0 Å². The van der Waals surface area contributed by atoms with Gasteiger partial charge in [0.2, 0.25) is 5.56 Å². The molecular formula is C13H16N2O4. The molecule has 0 bridgehead atoms. The van der Waals surface area contributed by atoms with Crippen molar-refractivity contribution in [2.45, 2.75) is 12.8 Å². The van der Waals surface area contributed by atoms with Gasteiger partial charge in [0.05, 0.1) is 13.0 Å². The molecule has 1 unspecified atom stereocenters. The van der Waals surface area contributed by atoms with E-state index < -0.39 is 0 Å². The molecule has 1 aliphatic rings. The van der Waals surface area contributed by atoms with E-state index in [-0.39, 0.29) is 23.4 Å². The number of H-pyrrole nitrogens is 1. The molecule has 1 aliphatic heterocycles. The van der Waals surface area contributed by atoms with Gasteiger partial charge in [0.25, 0.3) is 5.91 Å². The number of piperidine rings is 1. The van der Waals surface area contributed by atoms with E-state index in [1.54, 1.807) is 11.0 Å². The first kappa shape index (κ1) is 13.3. The predicted molar refractivity (Wildman–Crippen MR) is 67.7 cm³/mol. The Hall–Kier alpha value is -2.11. The summed E-state index contributed by atoms with van der Waals surface area (Å²) in [6.07, 6.45) is 2.93. The summed E-state index contributed by atoms with van der Waals surface area (Å²) in [7, 11) is 1.35. The Morgan fingerprint density at radius 1 is 1.47 bits per heavy atom. The number of aromatic nitrogens is 1. The molecule has 1 fully saturated rings. The van der Waals surface area contributed by atoms with Crippen LogP contribution in [0.15, 0.2) is 23.1 Å². The molecule has 1 amide bonds. The molecule has 2 rings (SSSR count). The SMILES string of the molecule is COC(=O)C1CCCN(C(=O)c2cc[nH]c(=O)c2)C1. The maximum Gasteiger partial charge on any atom is 0.310 e. The number of pyridine rings is 1. The first-order valence-electron chi connectivity index (χ1n) is 6.17. The number of aromatic amines is 1. The van der Waals surface area contributed by atoms with Gasteiger partial charge in [-0.1, -0.05) is 0 Å². The highest BCUT2D eigenvalue weighted by molar-refractivity contribution is 5.94. The van der Waals surface area contributed by atoms with Crippen molar-refractivity contribution in [2.75, 3.05) is 20.2 Å². The number of carbonyl (C=O) groups excluding carboxylic acids is 2. The summed E-state index contributed by atoms with van der Waals surface area (Å²) in [4.78, 5) is 39.0. The van der Waals surface area contributed by atoms with E-state index in [1.807, 2.05) is 0 Å². The highest BCUT2D eigenvalue weighted by Crippen LogP contribution is 2.19. The molecule has 6 nitrogen and oxygen atoms in total. The van der Waals surface area contributed by atoms with Crippen molar-refractivity contribution in [3.63, 3.8) is 0 Å². The fourth-order valence-corrected chi connectivity index (χ4v) is 2.28. The molecule has 0 aliphatic carbocycles. The van der Waals surface area contributed by atoms with Crippen LogP contribution >= 0.6 is 0 Å². The second-order valence-corrected chi connectivity index (χ2v) is 4.56. The maximum absolute atomic E-state index is 12.2. The largest absolute Gasteiger partial charge is 0.469 e. The zero-order chi connectivity index (χ0) is 13.8. The summed E-state index contributed by atoms with van der Waals surface area (Å²) < 4.78 is 4.71. The van der Waals surface area contributed by atoms with Crippen LogP contribution in [0.3, 0.4) is 0 Å². The van der Waals surface area contributed by atoms with Crippen molar-refractivity contribution in [3.8, 4) is 0 Å². The number of esters is 1. The molecular weight excluding hydrogens is 248 g/mol. The minimum atomic E-state index is -0.313. The van der Waals surface area contributed by atoms with Gasteiger partial charge in [0, 0.05) is 30.9 Å². The Labute approximate surface area is 110 Å². The molecule has 0 aromatic carbocycles. The average molecular weight is 264 g/mol. The first-order valence-corrected chi connectivity index (χ1v) is 6.17. The molecule has 1 saturated heterocycles. The Bertz CT molecular complexity index is 537. The van der Waals surface area contributed by atoms with Gasteiger partial charge < -0.3 is 14.6 Å². The van der Waals surface area contributed by atoms with E-state index >= 15 is 0 Å². The number of rotatable bonds is 2. The first-order chi connectivity index (χ1) is 9.11. The number of methoxy groups -OCH3 is 1. The smallest absolute Gasteiger partial charge is 0.310 e. The summed E-state index contributed by atoms with van der Waals surface area (Å²) >= 11 is 0. The van der Waals surface area contributed by atoms with Crippen LogP contribution in [0.1, 0.15) is 23.2 Å². The third-order valence-electron chi connectivity index (χ3n) is 3.27. The number of hydrogen-bond donors (Lipinski definition) is 1. The second kappa shape index (κ2) is 5.69. The quantitative estimate of drug-likeness (QED) is 0.784. The molecule has 1 atom stereocenters. The van der Waals surface area contributed by atoms with Crippen LogP contribution in [0.5, 0.6) is 0 Å². The number of carbonyl (C=O) groups is 2. The fourth-order valence-electron chi connectivity index (χ4n) is 2.28. The van der Waals surface area contributed by atoms with Gasteiger partial charge in [-0.25, -0.2) is 0 Å². The van der Waals surface area contributed by atoms with Crippen LogP contribution in [0.25, 0.3) is 0 Å². The summed E-state index contributed by atoms with van der Waals surface area (Å²) in [6, 6.07) is 2.83. The zero-order valence-corrected chi connectivity index (χ0v) is 10.7. The van der Waals surface area contributed by atoms with Gasteiger partial charge in [0.15, 0.2) is 0 Å². The lowest BCUT2D eigenvalue weighted by Gasteiger charge is -2.31. The molecule has 2 heterocycles. The maximum atomic E-state index is 12.2. The van der Waals surface area contributed by atoms with Crippen LogP contribution in [0.4, 0.5) is 0 Å². The summed E-state index contributed by atoms with van der Waals surface area (Å²) in [5, 5.41) is 0. The minimum absolute atomic E-state index is 0.222. The lowest BCUT2D eigenvalue weighted by molar-refractivity contribution is -0.146. The summed E-state index contributed by atoms with van der Waals surface area (Å²) in [5.41, 5.74) is 0.0293. The van der Waals surface area contributed by atoms with Gasteiger partial charge in [-0.3, -0.25) is 14.4 Å². The normalized spacial score (nSPS) is 19.0. The number of amides is 1. The predicted octanol–water partition coefficient (Wildman–Crippen LogP) is 0.400. The van der Waals surface area contributed by atoms with Crippen molar-refractivity contribution in [2.24, 2.45) is 5.92 Å². The summed E-state index contributed by atoms with van der Waals surface area (Å²) in [6.45, 7) is 0.942. The Morgan fingerprint density at radius 2 is 2.26 bits per heavy atom. The van der Waals surface area contributed by atoms with Gasteiger partial charge in [-0.15, -0.1) is 0 Å². The third-order valence-corrected chi connectivity index (χ3v) is 3.27. The Morgan fingerprint density at radius 3 is 2.95 bits per heavy atom. The fraction of sp³-hybridized carbons (Fsp3) is 0.462. The Kier molecular flexibility index (Phi) is 3.99. The van der Waals surface area contributed by atoms with Gasteiger partial charge >= 0.3 is 5.97 Å². The van der Waals surface area contributed by atoms with E-state index in [4.69, 9.17) is 4.74 Å². The van der Waals surface area contributed by atoms with Crippen molar-refractivity contribution < 1.29 is 14.3 Å². The monoisotopic (exact) mass is 264 g/mol. The van der Waals surface area contributed by atoms with Crippen molar-refractivity contribution in [3.05, 3.63) is 34.2 Å². The van der Waals surface area contributed by atoms with Crippen molar-refractivity contribution >= 4 is 11.9 Å². The van der Waals surface area contributed by atoms with E-state index in [0.717, 1.165) is 12.8 Å². The highest BCUT2D eigenvalue weighted by Gasteiger charge is 2.29. The van der Waals surface area contributed by atoms with E-state index in [2.05, 4.69) is 4.98 Å². The standard InChI is InChI=1S/C13H16N2O4/c1-19-13(18)10-3-2-6-15(8-10)12(17)9-4-5-14-11(16)7-9/h4-5,7,10H,2-3,6,8H2,1H3,(H,14,16). The third kappa shape index (κ3) is 3.01. The number of nitrogens with one attached hydrogen (secondary N) is 1. The van der Waals surface area contributed by atoms with Crippen LogP contribution in [-0.4, -0.2) is 42.0 Å². The Balaban J connectivity index is 2.11. The zero-order valence-electron chi connectivity index (χ0n) is 10.7. The van der Waals surface area contributed by atoms with Crippen molar-refractivity contribution in [1.29, 1.82) is 0 Å². The van der Waals surface area contributed by atoms with Gasteiger partial charge in [-0.05, 0) is 18.9 Å². The van der Waals surface area contributed by atoms with Crippen molar-refractivity contribution in [1.82, 2.24) is 9.88 Å². The molecule has 1 aromatic rings. The van der Waals surface area contributed by atoms with E-state index in [0.29, 0.717) is 18.7 Å². The van der Waals surface area contributed by atoms with Crippen LogP contribution in [0.2, 0.25) is 0 Å².